The van der Waals surface area contributed by atoms with Crippen molar-refractivity contribution in [3.05, 3.63) is 34.9 Å². The van der Waals surface area contributed by atoms with Gasteiger partial charge in [-0.25, -0.2) is 0 Å². The van der Waals surface area contributed by atoms with E-state index in [0.29, 0.717) is 6.54 Å². The Balaban J connectivity index is 1.56. The van der Waals surface area contributed by atoms with Gasteiger partial charge in [0.1, 0.15) is 0 Å². The van der Waals surface area contributed by atoms with E-state index in [1.54, 1.807) is 0 Å². The Morgan fingerprint density at radius 2 is 1.88 bits per heavy atom. The second kappa shape index (κ2) is 7.66. The average Bonchev–Trinajstić information content (AvgIpc) is 2.53. The second-order valence-corrected chi connectivity index (χ2v) is 7.48. The third-order valence-electron chi connectivity index (χ3n) is 5.11. The van der Waals surface area contributed by atoms with E-state index in [2.05, 4.69) is 49.2 Å². The maximum Gasteiger partial charge on any atom is 0.234 e. The molecule has 24 heavy (non-hydrogen) atoms. The highest BCUT2D eigenvalue weighted by Crippen LogP contribution is 2.24. The number of nitrogens with zero attached hydrogens (tertiary/aromatic N) is 1. The maximum atomic E-state index is 12.4. The molecule has 1 fully saturated rings. The van der Waals surface area contributed by atoms with Crippen LogP contribution in [0.1, 0.15) is 56.3 Å². The zero-order chi connectivity index (χ0) is 17.1. The summed E-state index contributed by atoms with van der Waals surface area (Å²) in [6.45, 7) is 8.31. The number of morpholine rings is 1. The van der Waals surface area contributed by atoms with E-state index in [1.165, 1.54) is 42.4 Å². The van der Waals surface area contributed by atoms with E-state index >= 15 is 0 Å². The summed E-state index contributed by atoms with van der Waals surface area (Å²) >= 11 is 0. The smallest absolute Gasteiger partial charge is 0.234 e. The van der Waals surface area contributed by atoms with E-state index in [4.69, 9.17) is 4.74 Å². The summed E-state index contributed by atoms with van der Waals surface area (Å²) in [5.74, 6) is 0.0986. The maximum absolute atomic E-state index is 12.4. The van der Waals surface area contributed by atoms with E-state index in [1.807, 2.05) is 0 Å². The third-order valence-corrected chi connectivity index (χ3v) is 5.11. The van der Waals surface area contributed by atoms with Gasteiger partial charge in [-0.3, -0.25) is 9.69 Å². The predicted octanol–water partition coefficient (Wildman–Crippen LogP) is 2.85. The molecule has 0 bridgehead atoms. The first kappa shape index (κ1) is 17.4. The quantitative estimate of drug-likeness (QED) is 0.923. The molecule has 1 saturated heterocycles. The van der Waals surface area contributed by atoms with Gasteiger partial charge < -0.3 is 10.1 Å². The second-order valence-electron chi connectivity index (χ2n) is 7.48. The standard InChI is InChI=1S/C20H30N2O2/c1-14-11-22(12-15(2)24-14)13-20(23)21-16(3)18-9-8-17-6-4-5-7-19(17)10-18/h8-10,14-16H,4-7,11-13H2,1-3H3,(H,21,23). The Labute approximate surface area is 145 Å². The highest BCUT2D eigenvalue weighted by Gasteiger charge is 2.24. The number of rotatable bonds is 4. The summed E-state index contributed by atoms with van der Waals surface area (Å²) in [4.78, 5) is 14.6. The largest absolute Gasteiger partial charge is 0.373 e. The fourth-order valence-corrected chi connectivity index (χ4v) is 4.01. The molecule has 0 spiro atoms. The minimum absolute atomic E-state index is 0.0561. The van der Waals surface area contributed by atoms with Crippen molar-refractivity contribution in [3.8, 4) is 0 Å². The Morgan fingerprint density at radius 1 is 1.21 bits per heavy atom. The van der Waals surface area contributed by atoms with Crippen molar-refractivity contribution in [1.82, 2.24) is 10.2 Å². The number of hydrogen-bond acceptors (Lipinski definition) is 3. The molecule has 1 aromatic rings. The van der Waals surface area contributed by atoms with Crippen LogP contribution >= 0.6 is 0 Å². The van der Waals surface area contributed by atoms with Crippen LogP contribution < -0.4 is 5.32 Å². The number of ether oxygens (including phenoxy) is 1. The number of carbonyl (C=O) groups excluding carboxylic acids is 1. The predicted molar refractivity (Wildman–Crippen MR) is 96.1 cm³/mol. The molecule has 0 radical (unpaired) electrons. The van der Waals surface area contributed by atoms with Crippen molar-refractivity contribution in [2.45, 2.75) is 64.7 Å². The van der Waals surface area contributed by atoms with E-state index in [9.17, 15) is 4.79 Å². The lowest BCUT2D eigenvalue weighted by Crippen LogP contribution is -2.49. The van der Waals surface area contributed by atoms with E-state index < -0.39 is 0 Å². The summed E-state index contributed by atoms with van der Waals surface area (Å²) in [5.41, 5.74) is 4.17. The fraction of sp³-hybridized carbons (Fsp3) is 0.650. The lowest BCUT2D eigenvalue weighted by Gasteiger charge is -2.35. The molecular weight excluding hydrogens is 300 g/mol. The third kappa shape index (κ3) is 4.37. The van der Waals surface area contributed by atoms with Crippen LogP contribution in [0.5, 0.6) is 0 Å². The molecule has 1 heterocycles. The molecule has 0 saturated carbocycles. The molecule has 3 rings (SSSR count). The number of hydrogen-bond donors (Lipinski definition) is 1. The first-order chi connectivity index (χ1) is 11.5. The normalized spacial score (nSPS) is 25.8. The topological polar surface area (TPSA) is 41.6 Å². The lowest BCUT2D eigenvalue weighted by atomic mass is 9.89. The molecule has 3 atom stereocenters. The Kier molecular flexibility index (Phi) is 5.57. The van der Waals surface area contributed by atoms with Gasteiger partial charge in [-0.1, -0.05) is 18.2 Å². The monoisotopic (exact) mass is 330 g/mol. The van der Waals surface area contributed by atoms with Crippen LogP contribution in [0, 0.1) is 0 Å². The van der Waals surface area contributed by atoms with Crippen molar-refractivity contribution in [2.24, 2.45) is 0 Å². The Bertz CT molecular complexity index is 577. The fourth-order valence-electron chi connectivity index (χ4n) is 4.01. The van der Waals surface area contributed by atoms with Crippen molar-refractivity contribution in [2.75, 3.05) is 19.6 Å². The molecule has 4 heteroatoms. The molecule has 1 aliphatic heterocycles. The van der Waals surface area contributed by atoms with Crippen LogP contribution in [0.15, 0.2) is 18.2 Å². The number of amides is 1. The van der Waals surface area contributed by atoms with Gasteiger partial charge in [-0.05, 0) is 63.1 Å². The van der Waals surface area contributed by atoms with Gasteiger partial charge in [0, 0.05) is 13.1 Å². The number of benzene rings is 1. The lowest BCUT2D eigenvalue weighted by molar-refractivity contribution is -0.126. The Morgan fingerprint density at radius 3 is 2.58 bits per heavy atom. The SMILES string of the molecule is CC1CN(CC(=O)NC(C)c2ccc3c(c2)CCCC3)CC(C)O1. The molecule has 4 nitrogen and oxygen atoms in total. The van der Waals surface area contributed by atoms with Crippen LogP contribution in [0.3, 0.4) is 0 Å². The molecular formula is C20H30N2O2. The van der Waals surface area contributed by atoms with Gasteiger partial charge in [0.15, 0.2) is 0 Å². The molecule has 1 N–H and O–H groups in total. The van der Waals surface area contributed by atoms with Crippen molar-refractivity contribution in [1.29, 1.82) is 0 Å². The summed E-state index contributed by atoms with van der Waals surface area (Å²) in [7, 11) is 0. The van der Waals surface area contributed by atoms with Gasteiger partial charge in [0.05, 0.1) is 24.8 Å². The molecule has 3 unspecified atom stereocenters. The Hall–Kier alpha value is -1.39. The van der Waals surface area contributed by atoms with Gasteiger partial charge in [0.25, 0.3) is 0 Å². The molecule has 1 aromatic carbocycles. The molecule has 1 aliphatic carbocycles. The van der Waals surface area contributed by atoms with Crippen LogP contribution in [0.4, 0.5) is 0 Å². The molecule has 1 amide bonds. The zero-order valence-corrected chi connectivity index (χ0v) is 15.2. The summed E-state index contributed by atoms with van der Waals surface area (Å²) in [6, 6.07) is 6.77. The summed E-state index contributed by atoms with van der Waals surface area (Å²) in [6.07, 6.45) is 5.34. The van der Waals surface area contributed by atoms with Crippen LogP contribution in [-0.2, 0) is 22.4 Å². The van der Waals surface area contributed by atoms with E-state index in [0.717, 1.165) is 13.1 Å². The number of aryl methyl sites for hydroxylation is 2. The van der Waals surface area contributed by atoms with Crippen LogP contribution in [0.2, 0.25) is 0 Å². The van der Waals surface area contributed by atoms with Crippen LogP contribution in [0.25, 0.3) is 0 Å². The minimum atomic E-state index is 0.0561. The van der Waals surface area contributed by atoms with Crippen molar-refractivity contribution in [3.63, 3.8) is 0 Å². The van der Waals surface area contributed by atoms with E-state index in [-0.39, 0.29) is 24.2 Å². The average molecular weight is 330 g/mol. The highest BCUT2D eigenvalue weighted by atomic mass is 16.5. The molecule has 132 valence electrons. The van der Waals surface area contributed by atoms with Crippen molar-refractivity contribution < 1.29 is 9.53 Å². The summed E-state index contributed by atoms with van der Waals surface area (Å²) < 4.78 is 5.73. The number of carbonyl (C=O) groups is 1. The highest BCUT2D eigenvalue weighted by molar-refractivity contribution is 5.78. The molecule has 0 aromatic heterocycles. The minimum Gasteiger partial charge on any atom is -0.373 e. The summed E-state index contributed by atoms with van der Waals surface area (Å²) in [5, 5.41) is 3.16. The van der Waals surface area contributed by atoms with Gasteiger partial charge in [0.2, 0.25) is 5.91 Å². The zero-order valence-electron chi connectivity index (χ0n) is 15.2. The van der Waals surface area contributed by atoms with Crippen LogP contribution in [-0.4, -0.2) is 42.6 Å². The number of fused-ring (bicyclic) bond motifs is 1. The van der Waals surface area contributed by atoms with Gasteiger partial charge >= 0.3 is 0 Å². The first-order valence-electron chi connectivity index (χ1n) is 9.30. The van der Waals surface area contributed by atoms with Gasteiger partial charge in [-0.2, -0.15) is 0 Å². The van der Waals surface area contributed by atoms with Crippen molar-refractivity contribution >= 4 is 5.91 Å². The number of nitrogens with one attached hydrogen (secondary N) is 1. The first-order valence-corrected chi connectivity index (χ1v) is 9.30. The molecule has 2 aliphatic rings. The van der Waals surface area contributed by atoms with Gasteiger partial charge in [-0.15, -0.1) is 0 Å².